The monoisotopic (exact) mass is 389 g/mol. The van der Waals surface area contributed by atoms with E-state index in [-0.39, 0.29) is 0 Å². The van der Waals surface area contributed by atoms with Gasteiger partial charge in [-0.2, -0.15) is 0 Å². The summed E-state index contributed by atoms with van der Waals surface area (Å²) in [4.78, 5) is 10.5. The first-order chi connectivity index (χ1) is 14.3. The van der Waals surface area contributed by atoms with Crippen LogP contribution >= 0.6 is 0 Å². The second-order valence-electron chi connectivity index (χ2n) is 6.82. The third kappa shape index (κ3) is 5.08. The Morgan fingerprint density at radius 1 is 1.03 bits per heavy atom. The van der Waals surface area contributed by atoms with Crippen LogP contribution in [0, 0.1) is 0 Å². The maximum absolute atomic E-state index is 6.00. The zero-order valence-corrected chi connectivity index (χ0v) is 16.3. The molecule has 7 nitrogen and oxygen atoms in total. The molecule has 0 aliphatic carbocycles. The summed E-state index contributed by atoms with van der Waals surface area (Å²) in [7, 11) is 2.05. The summed E-state index contributed by atoms with van der Waals surface area (Å²) in [6.07, 6.45) is 7.24. The maximum Gasteiger partial charge on any atom is 0.151 e. The van der Waals surface area contributed by atoms with Crippen molar-refractivity contribution in [3.63, 3.8) is 0 Å². The normalized spacial score (nSPS) is 11.1. The van der Waals surface area contributed by atoms with E-state index in [1.165, 1.54) is 0 Å². The quantitative estimate of drug-likeness (QED) is 0.435. The number of aromatic nitrogens is 4. The molecule has 4 aromatic rings. The second-order valence-corrected chi connectivity index (χ2v) is 6.82. The Morgan fingerprint density at radius 3 is 2.76 bits per heavy atom. The molecule has 0 fully saturated rings. The third-order valence-electron chi connectivity index (χ3n) is 4.49. The first kappa shape index (κ1) is 18.9. The van der Waals surface area contributed by atoms with Crippen molar-refractivity contribution in [2.75, 3.05) is 13.7 Å². The SMILES string of the molecule is CN(Cc1cc(-c2ccccn2)no1)Cc1ccccc1OCCn1ccnc1. The van der Waals surface area contributed by atoms with Crippen molar-refractivity contribution >= 4 is 0 Å². The third-order valence-corrected chi connectivity index (χ3v) is 4.49. The fraction of sp³-hybridized carbons (Fsp3) is 0.227. The minimum Gasteiger partial charge on any atom is -0.491 e. The van der Waals surface area contributed by atoms with Crippen LogP contribution in [0.15, 0.2) is 78.0 Å². The molecule has 0 saturated carbocycles. The molecule has 0 N–H and O–H groups in total. The van der Waals surface area contributed by atoms with Crippen LogP contribution in [0.5, 0.6) is 5.75 Å². The van der Waals surface area contributed by atoms with Gasteiger partial charge in [0.05, 0.1) is 25.1 Å². The summed E-state index contributed by atoms with van der Waals surface area (Å²) in [5, 5.41) is 4.13. The Labute approximate surface area is 169 Å². The van der Waals surface area contributed by atoms with Gasteiger partial charge in [0.15, 0.2) is 5.76 Å². The van der Waals surface area contributed by atoms with E-state index in [0.29, 0.717) is 13.2 Å². The molecule has 148 valence electrons. The molecule has 1 aromatic carbocycles. The maximum atomic E-state index is 6.00. The highest BCUT2D eigenvalue weighted by molar-refractivity contribution is 5.52. The summed E-state index contributed by atoms with van der Waals surface area (Å²) < 4.78 is 13.5. The predicted molar refractivity (Wildman–Crippen MR) is 109 cm³/mol. The van der Waals surface area contributed by atoms with E-state index in [1.807, 2.05) is 60.3 Å². The lowest BCUT2D eigenvalue weighted by atomic mass is 10.2. The van der Waals surface area contributed by atoms with E-state index in [1.54, 1.807) is 18.7 Å². The van der Waals surface area contributed by atoms with Crippen LogP contribution in [0.25, 0.3) is 11.4 Å². The van der Waals surface area contributed by atoms with Crippen molar-refractivity contribution in [3.8, 4) is 17.1 Å². The van der Waals surface area contributed by atoms with E-state index in [9.17, 15) is 0 Å². The van der Waals surface area contributed by atoms with E-state index in [2.05, 4.69) is 26.1 Å². The lowest BCUT2D eigenvalue weighted by Crippen LogP contribution is -2.18. The molecule has 0 saturated heterocycles. The molecule has 0 aliphatic rings. The number of benzene rings is 1. The first-order valence-electron chi connectivity index (χ1n) is 9.50. The van der Waals surface area contributed by atoms with Crippen molar-refractivity contribution in [3.05, 3.63) is 84.8 Å². The molecule has 0 aliphatic heterocycles. The van der Waals surface area contributed by atoms with Gasteiger partial charge in [-0.3, -0.25) is 9.88 Å². The molecule has 0 spiro atoms. The highest BCUT2D eigenvalue weighted by Gasteiger charge is 2.12. The van der Waals surface area contributed by atoms with Gasteiger partial charge in [0.1, 0.15) is 18.1 Å². The van der Waals surface area contributed by atoms with Gasteiger partial charge >= 0.3 is 0 Å². The summed E-state index contributed by atoms with van der Waals surface area (Å²) in [6, 6.07) is 15.8. The summed E-state index contributed by atoms with van der Waals surface area (Å²) >= 11 is 0. The Balaban J connectivity index is 1.35. The van der Waals surface area contributed by atoms with E-state index >= 15 is 0 Å². The molecular weight excluding hydrogens is 366 g/mol. The van der Waals surface area contributed by atoms with Crippen LogP contribution in [-0.2, 0) is 19.6 Å². The summed E-state index contributed by atoms with van der Waals surface area (Å²) in [6.45, 7) is 2.73. The van der Waals surface area contributed by atoms with Crippen LogP contribution < -0.4 is 4.74 Å². The average Bonchev–Trinajstić information content (AvgIpc) is 3.42. The Kier molecular flexibility index (Phi) is 5.97. The number of ether oxygens (including phenoxy) is 1. The number of nitrogens with zero attached hydrogens (tertiary/aromatic N) is 5. The predicted octanol–water partition coefficient (Wildman–Crippen LogP) is 3.64. The van der Waals surface area contributed by atoms with Gasteiger partial charge in [-0.05, 0) is 25.2 Å². The van der Waals surface area contributed by atoms with Gasteiger partial charge in [0, 0.05) is 36.8 Å². The topological polar surface area (TPSA) is 69.2 Å². The van der Waals surface area contributed by atoms with Gasteiger partial charge < -0.3 is 13.8 Å². The Bertz CT molecular complexity index is 1010. The van der Waals surface area contributed by atoms with Crippen LogP contribution in [-0.4, -0.2) is 38.2 Å². The van der Waals surface area contributed by atoms with Crippen molar-refractivity contribution in [1.29, 1.82) is 0 Å². The van der Waals surface area contributed by atoms with Crippen molar-refractivity contribution in [2.24, 2.45) is 0 Å². The first-order valence-corrected chi connectivity index (χ1v) is 9.50. The number of imidazole rings is 1. The molecular formula is C22H23N5O2. The van der Waals surface area contributed by atoms with E-state index in [0.717, 1.165) is 41.6 Å². The Hall–Kier alpha value is -3.45. The average molecular weight is 389 g/mol. The molecule has 0 unspecified atom stereocenters. The van der Waals surface area contributed by atoms with Gasteiger partial charge in [0.25, 0.3) is 0 Å². The van der Waals surface area contributed by atoms with Crippen molar-refractivity contribution in [2.45, 2.75) is 19.6 Å². The van der Waals surface area contributed by atoms with E-state index in [4.69, 9.17) is 9.26 Å². The molecule has 29 heavy (non-hydrogen) atoms. The summed E-state index contributed by atoms with van der Waals surface area (Å²) in [5.74, 6) is 1.69. The number of rotatable bonds is 9. The van der Waals surface area contributed by atoms with Crippen molar-refractivity contribution < 1.29 is 9.26 Å². The lowest BCUT2D eigenvalue weighted by Gasteiger charge is -2.18. The minimum atomic E-state index is 0.590. The molecule has 0 amide bonds. The molecule has 3 heterocycles. The number of hydrogen-bond donors (Lipinski definition) is 0. The van der Waals surface area contributed by atoms with Crippen molar-refractivity contribution in [1.82, 2.24) is 24.6 Å². The zero-order valence-electron chi connectivity index (χ0n) is 16.3. The standard InChI is InChI=1S/C22H23N5O2/c1-26(16-19-14-21(25-29-19)20-7-4-5-9-24-20)15-18-6-2-3-8-22(18)28-13-12-27-11-10-23-17-27/h2-11,14,17H,12-13,15-16H2,1H3. The van der Waals surface area contributed by atoms with Gasteiger partial charge in [-0.25, -0.2) is 4.98 Å². The van der Waals surface area contributed by atoms with Crippen LogP contribution in [0.4, 0.5) is 0 Å². The Morgan fingerprint density at radius 2 is 1.93 bits per heavy atom. The highest BCUT2D eigenvalue weighted by Crippen LogP contribution is 2.21. The smallest absolute Gasteiger partial charge is 0.151 e. The fourth-order valence-corrected chi connectivity index (χ4v) is 3.09. The van der Waals surface area contributed by atoms with Crippen LogP contribution in [0.2, 0.25) is 0 Å². The molecule has 4 rings (SSSR count). The van der Waals surface area contributed by atoms with Gasteiger partial charge in [-0.15, -0.1) is 0 Å². The number of hydrogen-bond acceptors (Lipinski definition) is 6. The zero-order chi connectivity index (χ0) is 19.9. The molecule has 0 radical (unpaired) electrons. The highest BCUT2D eigenvalue weighted by atomic mass is 16.5. The molecule has 7 heteroatoms. The summed E-state index contributed by atoms with van der Waals surface area (Å²) in [5.41, 5.74) is 2.68. The van der Waals surface area contributed by atoms with Gasteiger partial charge in [0.2, 0.25) is 0 Å². The number of pyridine rings is 1. The van der Waals surface area contributed by atoms with Gasteiger partial charge in [-0.1, -0.05) is 29.4 Å². The fourth-order valence-electron chi connectivity index (χ4n) is 3.09. The van der Waals surface area contributed by atoms with E-state index < -0.39 is 0 Å². The minimum absolute atomic E-state index is 0.590. The largest absolute Gasteiger partial charge is 0.491 e. The number of para-hydroxylation sites is 1. The van der Waals surface area contributed by atoms with Crippen LogP contribution in [0.3, 0.4) is 0 Å². The van der Waals surface area contributed by atoms with Crippen LogP contribution in [0.1, 0.15) is 11.3 Å². The lowest BCUT2D eigenvalue weighted by molar-refractivity contribution is 0.255. The molecule has 3 aromatic heterocycles. The molecule has 0 atom stereocenters. The molecule has 0 bridgehead atoms. The second kappa shape index (κ2) is 9.16.